The van der Waals surface area contributed by atoms with Gasteiger partial charge in [-0.15, -0.1) is 0 Å². The maximum Gasteiger partial charge on any atom is 0.0605 e. The van der Waals surface area contributed by atoms with Crippen LogP contribution in [0.1, 0.15) is 59.8 Å². The molecule has 2 rings (SSSR count). The van der Waals surface area contributed by atoms with Crippen molar-refractivity contribution in [2.75, 3.05) is 59.5 Å². The van der Waals surface area contributed by atoms with Crippen LogP contribution >= 0.6 is 0 Å². The fourth-order valence-corrected chi connectivity index (χ4v) is 4.37. The number of hydrogen-bond donors (Lipinski definition) is 0. The van der Waals surface area contributed by atoms with Gasteiger partial charge < -0.3 is 14.5 Å². The Balaban J connectivity index is 1.49. The zero-order valence-corrected chi connectivity index (χ0v) is 18.3. The van der Waals surface area contributed by atoms with Crippen molar-refractivity contribution in [3.05, 3.63) is 0 Å². The Hall–Kier alpha value is -0.160. The Bertz CT molecular complexity index is 364. The Labute approximate surface area is 163 Å². The predicted octanol–water partition coefficient (Wildman–Crippen LogP) is 3.57. The first kappa shape index (κ1) is 22.1. The Morgan fingerprint density at radius 2 is 1.65 bits per heavy atom. The third kappa shape index (κ3) is 7.46. The molecule has 2 aliphatic rings. The molecule has 26 heavy (non-hydrogen) atoms. The minimum absolute atomic E-state index is 0.510. The summed E-state index contributed by atoms with van der Waals surface area (Å²) in [6, 6.07) is 0.752. The van der Waals surface area contributed by atoms with Gasteiger partial charge in [-0.3, -0.25) is 4.90 Å². The SMILES string of the molecule is CCCC(C)CN1CCN(CCO[C@H]2C[C@H](N(C)CC(C)CC)C2)CC1. The van der Waals surface area contributed by atoms with Crippen LogP contribution in [0.15, 0.2) is 0 Å². The van der Waals surface area contributed by atoms with Crippen LogP contribution in [-0.2, 0) is 4.74 Å². The van der Waals surface area contributed by atoms with E-state index in [2.05, 4.69) is 49.4 Å². The van der Waals surface area contributed by atoms with Crippen molar-refractivity contribution in [1.82, 2.24) is 14.7 Å². The van der Waals surface area contributed by atoms with Crippen molar-refractivity contribution in [3.8, 4) is 0 Å². The second-order valence-corrected chi connectivity index (χ2v) is 9.11. The van der Waals surface area contributed by atoms with E-state index < -0.39 is 0 Å². The van der Waals surface area contributed by atoms with Gasteiger partial charge in [0.15, 0.2) is 0 Å². The molecule has 0 N–H and O–H groups in total. The minimum Gasteiger partial charge on any atom is -0.377 e. The first-order valence-corrected chi connectivity index (χ1v) is 11.3. The summed E-state index contributed by atoms with van der Waals surface area (Å²) >= 11 is 0. The van der Waals surface area contributed by atoms with Crippen molar-refractivity contribution < 1.29 is 4.74 Å². The molecule has 1 saturated carbocycles. The molecule has 1 aliphatic carbocycles. The molecular weight excluding hydrogens is 322 g/mol. The quantitative estimate of drug-likeness (QED) is 0.525. The van der Waals surface area contributed by atoms with E-state index in [9.17, 15) is 0 Å². The minimum atomic E-state index is 0.510. The molecule has 154 valence electrons. The highest BCUT2D eigenvalue weighted by Crippen LogP contribution is 2.28. The summed E-state index contributed by atoms with van der Waals surface area (Å²) in [6.07, 6.45) is 6.93. The van der Waals surface area contributed by atoms with Gasteiger partial charge in [-0.05, 0) is 38.1 Å². The highest BCUT2D eigenvalue weighted by Gasteiger charge is 2.33. The Morgan fingerprint density at radius 1 is 1.00 bits per heavy atom. The van der Waals surface area contributed by atoms with Gasteiger partial charge in [0.1, 0.15) is 0 Å². The molecule has 1 heterocycles. The first-order valence-electron chi connectivity index (χ1n) is 11.3. The van der Waals surface area contributed by atoms with Crippen LogP contribution < -0.4 is 0 Å². The molecule has 0 spiro atoms. The molecule has 0 radical (unpaired) electrons. The summed E-state index contributed by atoms with van der Waals surface area (Å²) in [5.74, 6) is 1.66. The third-order valence-electron chi connectivity index (χ3n) is 6.57. The normalized spacial score (nSPS) is 27.5. The largest absolute Gasteiger partial charge is 0.377 e. The van der Waals surface area contributed by atoms with Crippen LogP contribution in [-0.4, -0.2) is 86.3 Å². The molecule has 2 unspecified atom stereocenters. The second kappa shape index (κ2) is 11.6. The molecule has 0 aromatic heterocycles. The molecule has 1 saturated heterocycles. The lowest BCUT2D eigenvalue weighted by Crippen LogP contribution is -2.50. The van der Waals surface area contributed by atoms with Crippen molar-refractivity contribution in [2.24, 2.45) is 11.8 Å². The molecule has 4 nitrogen and oxygen atoms in total. The number of hydrogen-bond acceptors (Lipinski definition) is 4. The predicted molar refractivity (Wildman–Crippen MR) is 112 cm³/mol. The van der Waals surface area contributed by atoms with Gasteiger partial charge in [0.05, 0.1) is 12.7 Å². The fourth-order valence-electron chi connectivity index (χ4n) is 4.37. The van der Waals surface area contributed by atoms with E-state index in [0.29, 0.717) is 6.10 Å². The van der Waals surface area contributed by atoms with Crippen LogP contribution in [0.5, 0.6) is 0 Å². The maximum atomic E-state index is 6.13. The second-order valence-electron chi connectivity index (χ2n) is 9.11. The van der Waals surface area contributed by atoms with Crippen LogP contribution in [0.4, 0.5) is 0 Å². The summed E-state index contributed by atoms with van der Waals surface area (Å²) in [7, 11) is 2.29. The lowest BCUT2D eigenvalue weighted by atomic mass is 9.87. The molecule has 1 aliphatic heterocycles. The van der Waals surface area contributed by atoms with Crippen LogP contribution in [0.3, 0.4) is 0 Å². The van der Waals surface area contributed by atoms with E-state index in [0.717, 1.165) is 31.0 Å². The zero-order chi connectivity index (χ0) is 18.9. The van der Waals surface area contributed by atoms with Crippen LogP contribution in [0.2, 0.25) is 0 Å². The number of rotatable bonds is 12. The first-order chi connectivity index (χ1) is 12.5. The van der Waals surface area contributed by atoms with Gasteiger partial charge in [0.25, 0.3) is 0 Å². The highest BCUT2D eigenvalue weighted by atomic mass is 16.5. The van der Waals surface area contributed by atoms with E-state index in [4.69, 9.17) is 4.74 Å². The number of piperazine rings is 1. The molecule has 0 bridgehead atoms. The fraction of sp³-hybridized carbons (Fsp3) is 1.00. The van der Waals surface area contributed by atoms with E-state index in [-0.39, 0.29) is 0 Å². The van der Waals surface area contributed by atoms with Gasteiger partial charge in [0, 0.05) is 51.9 Å². The van der Waals surface area contributed by atoms with E-state index in [1.165, 1.54) is 71.4 Å². The molecular formula is C22H45N3O. The van der Waals surface area contributed by atoms with Gasteiger partial charge in [-0.2, -0.15) is 0 Å². The highest BCUT2D eigenvalue weighted by molar-refractivity contribution is 4.87. The van der Waals surface area contributed by atoms with Crippen molar-refractivity contribution in [2.45, 2.75) is 71.9 Å². The van der Waals surface area contributed by atoms with E-state index in [1.807, 2.05) is 0 Å². The summed E-state index contributed by atoms with van der Waals surface area (Å²) in [4.78, 5) is 7.79. The number of nitrogens with zero attached hydrogens (tertiary/aromatic N) is 3. The Kier molecular flexibility index (Phi) is 9.90. The van der Waals surface area contributed by atoms with Gasteiger partial charge in [-0.25, -0.2) is 0 Å². The lowest BCUT2D eigenvalue weighted by Gasteiger charge is -2.42. The van der Waals surface area contributed by atoms with Gasteiger partial charge in [0.2, 0.25) is 0 Å². The average Bonchev–Trinajstić information content (AvgIpc) is 2.58. The maximum absolute atomic E-state index is 6.13. The van der Waals surface area contributed by atoms with Crippen molar-refractivity contribution in [3.63, 3.8) is 0 Å². The van der Waals surface area contributed by atoms with Gasteiger partial charge in [-0.1, -0.05) is 40.5 Å². The standard InChI is InChI=1S/C22H45N3O/c1-6-8-20(4)18-25-11-9-24(10-12-25)13-14-26-22-15-21(16-22)23(5)17-19(3)7-2/h19-22H,6-18H2,1-5H3/t19?,20?,21-,22-. The zero-order valence-electron chi connectivity index (χ0n) is 18.3. The van der Waals surface area contributed by atoms with Crippen LogP contribution in [0.25, 0.3) is 0 Å². The van der Waals surface area contributed by atoms with Crippen molar-refractivity contribution >= 4 is 0 Å². The summed E-state index contributed by atoms with van der Waals surface area (Å²) in [5.41, 5.74) is 0. The molecule has 0 aromatic carbocycles. The molecule has 2 fully saturated rings. The summed E-state index contributed by atoms with van der Waals surface area (Å²) in [5, 5.41) is 0. The monoisotopic (exact) mass is 367 g/mol. The third-order valence-corrected chi connectivity index (χ3v) is 6.57. The molecule has 0 aromatic rings. The van der Waals surface area contributed by atoms with E-state index in [1.54, 1.807) is 0 Å². The average molecular weight is 368 g/mol. The smallest absolute Gasteiger partial charge is 0.0605 e. The summed E-state index contributed by atoms with van der Waals surface area (Å²) < 4.78 is 6.13. The lowest BCUT2D eigenvalue weighted by molar-refractivity contribution is -0.0547. The van der Waals surface area contributed by atoms with Crippen molar-refractivity contribution in [1.29, 1.82) is 0 Å². The molecule has 2 atom stereocenters. The molecule has 0 amide bonds. The summed E-state index contributed by atoms with van der Waals surface area (Å²) in [6.45, 7) is 18.8. The molecule has 4 heteroatoms. The topological polar surface area (TPSA) is 19.0 Å². The van der Waals surface area contributed by atoms with Crippen LogP contribution in [0, 0.1) is 11.8 Å². The van der Waals surface area contributed by atoms with E-state index >= 15 is 0 Å². The van der Waals surface area contributed by atoms with Gasteiger partial charge >= 0.3 is 0 Å². The number of ether oxygens (including phenoxy) is 1. The Morgan fingerprint density at radius 3 is 2.27 bits per heavy atom.